The SMILES string of the molecule is CCN(CC)CCOC(=O)C(O)c1nn(C)c2c1CCCC2. The van der Waals surface area contributed by atoms with E-state index in [1.54, 1.807) is 4.68 Å². The van der Waals surface area contributed by atoms with Crippen LogP contribution in [0, 0.1) is 0 Å². The van der Waals surface area contributed by atoms with Gasteiger partial charge in [-0.15, -0.1) is 0 Å². The van der Waals surface area contributed by atoms with Crippen molar-refractivity contribution < 1.29 is 14.6 Å². The molecule has 0 saturated heterocycles. The van der Waals surface area contributed by atoms with E-state index in [1.807, 2.05) is 7.05 Å². The monoisotopic (exact) mass is 309 g/mol. The van der Waals surface area contributed by atoms with Gasteiger partial charge < -0.3 is 14.7 Å². The zero-order chi connectivity index (χ0) is 16.1. The topological polar surface area (TPSA) is 67.6 Å². The second kappa shape index (κ2) is 7.74. The Hall–Kier alpha value is -1.40. The van der Waals surface area contributed by atoms with Crippen LogP contribution in [0.5, 0.6) is 0 Å². The van der Waals surface area contributed by atoms with E-state index in [4.69, 9.17) is 4.74 Å². The van der Waals surface area contributed by atoms with Gasteiger partial charge in [-0.1, -0.05) is 13.8 Å². The van der Waals surface area contributed by atoms with E-state index < -0.39 is 12.1 Å². The van der Waals surface area contributed by atoms with Crippen LogP contribution in [-0.2, 0) is 29.4 Å². The fraction of sp³-hybridized carbons (Fsp3) is 0.750. The molecule has 0 amide bonds. The number of likely N-dealkylation sites (N-methyl/N-ethyl adjacent to an activating group) is 1. The molecule has 22 heavy (non-hydrogen) atoms. The van der Waals surface area contributed by atoms with Crippen LogP contribution in [0.3, 0.4) is 0 Å². The molecule has 0 saturated carbocycles. The maximum atomic E-state index is 12.1. The number of rotatable bonds is 7. The second-order valence-electron chi connectivity index (χ2n) is 5.74. The van der Waals surface area contributed by atoms with Gasteiger partial charge in [0.05, 0.1) is 0 Å². The molecule has 6 heteroatoms. The van der Waals surface area contributed by atoms with Crippen molar-refractivity contribution in [3.05, 3.63) is 17.0 Å². The van der Waals surface area contributed by atoms with Crippen LogP contribution in [-0.4, -0.2) is 52.0 Å². The fourth-order valence-corrected chi connectivity index (χ4v) is 3.03. The minimum atomic E-state index is -1.27. The van der Waals surface area contributed by atoms with E-state index in [2.05, 4.69) is 23.8 Å². The van der Waals surface area contributed by atoms with Crippen molar-refractivity contribution in [1.82, 2.24) is 14.7 Å². The first-order valence-corrected chi connectivity index (χ1v) is 8.20. The fourth-order valence-electron chi connectivity index (χ4n) is 3.03. The van der Waals surface area contributed by atoms with Crippen molar-refractivity contribution in [2.24, 2.45) is 7.05 Å². The van der Waals surface area contributed by atoms with E-state index in [9.17, 15) is 9.90 Å². The molecule has 1 unspecified atom stereocenters. The molecule has 0 bridgehead atoms. The Morgan fingerprint density at radius 3 is 2.73 bits per heavy atom. The molecule has 1 heterocycles. The minimum absolute atomic E-state index is 0.298. The predicted molar refractivity (Wildman–Crippen MR) is 83.6 cm³/mol. The summed E-state index contributed by atoms with van der Waals surface area (Å²) in [5.41, 5.74) is 2.64. The van der Waals surface area contributed by atoms with Crippen molar-refractivity contribution in [2.75, 3.05) is 26.2 Å². The number of carbonyl (C=O) groups excluding carboxylic acids is 1. The van der Waals surface area contributed by atoms with Gasteiger partial charge in [0, 0.05) is 19.3 Å². The molecule has 2 rings (SSSR count). The maximum Gasteiger partial charge on any atom is 0.341 e. The first-order valence-electron chi connectivity index (χ1n) is 8.20. The molecule has 1 aliphatic carbocycles. The maximum absolute atomic E-state index is 12.1. The van der Waals surface area contributed by atoms with Crippen molar-refractivity contribution >= 4 is 5.97 Å². The lowest BCUT2D eigenvalue weighted by Gasteiger charge is -2.18. The number of fused-ring (bicyclic) bond motifs is 1. The predicted octanol–water partition coefficient (Wildman–Crippen LogP) is 1.22. The largest absolute Gasteiger partial charge is 0.462 e. The standard InChI is InChI=1S/C16H27N3O3/c1-4-19(5-2)10-11-22-16(21)15(20)14-12-8-6-7-9-13(12)18(3)17-14/h15,20H,4-11H2,1-3H3. The Kier molecular flexibility index (Phi) is 5.97. The summed E-state index contributed by atoms with van der Waals surface area (Å²) in [7, 11) is 1.87. The highest BCUT2D eigenvalue weighted by molar-refractivity contribution is 5.76. The third kappa shape index (κ3) is 3.67. The summed E-state index contributed by atoms with van der Waals surface area (Å²) in [5, 5.41) is 14.6. The summed E-state index contributed by atoms with van der Waals surface area (Å²) in [6, 6.07) is 0. The first kappa shape index (κ1) is 17.0. The van der Waals surface area contributed by atoms with E-state index in [0.29, 0.717) is 18.8 Å². The zero-order valence-corrected chi connectivity index (χ0v) is 13.8. The molecule has 1 aromatic heterocycles. The summed E-state index contributed by atoms with van der Waals surface area (Å²) in [5.74, 6) is -0.598. The molecular formula is C16H27N3O3. The van der Waals surface area contributed by atoms with Gasteiger partial charge in [0.1, 0.15) is 12.3 Å². The molecule has 1 aromatic rings. The molecule has 0 fully saturated rings. The quantitative estimate of drug-likeness (QED) is 0.767. The Balaban J connectivity index is 1.96. The normalized spacial score (nSPS) is 15.7. The lowest BCUT2D eigenvalue weighted by Crippen LogP contribution is -2.29. The average Bonchev–Trinajstić information content (AvgIpc) is 2.88. The molecule has 1 atom stereocenters. The van der Waals surface area contributed by atoms with Gasteiger partial charge in [0.25, 0.3) is 0 Å². The zero-order valence-electron chi connectivity index (χ0n) is 13.8. The molecule has 124 valence electrons. The number of aryl methyl sites for hydroxylation is 1. The van der Waals surface area contributed by atoms with Crippen LogP contribution in [0.25, 0.3) is 0 Å². The van der Waals surface area contributed by atoms with Crippen LogP contribution >= 0.6 is 0 Å². The van der Waals surface area contributed by atoms with E-state index in [-0.39, 0.29) is 0 Å². The Morgan fingerprint density at radius 2 is 2.05 bits per heavy atom. The number of aromatic nitrogens is 2. The molecule has 6 nitrogen and oxygen atoms in total. The van der Waals surface area contributed by atoms with Gasteiger partial charge in [-0.25, -0.2) is 4.79 Å². The number of esters is 1. The van der Waals surface area contributed by atoms with E-state index in [0.717, 1.165) is 50.0 Å². The molecule has 0 radical (unpaired) electrons. The number of carbonyl (C=O) groups is 1. The molecule has 0 spiro atoms. The first-order chi connectivity index (χ1) is 10.6. The number of ether oxygens (including phenoxy) is 1. The van der Waals surface area contributed by atoms with Crippen LogP contribution in [0.1, 0.15) is 49.7 Å². The third-order valence-corrected chi connectivity index (χ3v) is 4.42. The number of nitrogens with zero attached hydrogens (tertiary/aromatic N) is 3. The van der Waals surface area contributed by atoms with Gasteiger partial charge in [-0.05, 0) is 44.3 Å². The smallest absolute Gasteiger partial charge is 0.341 e. The Bertz CT molecular complexity index is 509. The minimum Gasteiger partial charge on any atom is -0.462 e. The molecule has 1 N–H and O–H groups in total. The third-order valence-electron chi connectivity index (χ3n) is 4.42. The molecule has 0 aliphatic heterocycles. The van der Waals surface area contributed by atoms with Crippen LogP contribution < -0.4 is 0 Å². The summed E-state index contributed by atoms with van der Waals surface area (Å²) in [6.45, 7) is 6.97. The number of hydrogen-bond acceptors (Lipinski definition) is 5. The van der Waals surface area contributed by atoms with Gasteiger partial charge in [-0.3, -0.25) is 4.68 Å². The van der Waals surface area contributed by atoms with Crippen LogP contribution in [0.2, 0.25) is 0 Å². The van der Waals surface area contributed by atoms with Crippen molar-refractivity contribution in [3.8, 4) is 0 Å². The number of aliphatic hydroxyl groups is 1. The summed E-state index contributed by atoms with van der Waals surface area (Å²) >= 11 is 0. The number of aliphatic hydroxyl groups excluding tert-OH is 1. The lowest BCUT2D eigenvalue weighted by molar-refractivity contribution is -0.154. The average molecular weight is 309 g/mol. The van der Waals surface area contributed by atoms with Crippen molar-refractivity contribution in [1.29, 1.82) is 0 Å². The summed E-state index contributed by atoms with van der Waals surface area (Å²) < 4.78 is 7.00. The summed E-state index contributed by atoms with van der Waals surface area (Å²) in [4.78, 5) is 14.2. The lowest BCUT2D eigenvalue weighted by atomic mass is 9.94. The Morgan fingerprint density at radius 1 is 1.36 bits per heavy atom. The van der Waals surface area contributed by atoms with Gasteiger partial charge in [0.15, 0.2) is 6.10 Å². The van der Waals surface area contributed by atoms with Crippen LogP contribution in [0.4, 0.5) is 0 Å². The molecule has 0 aromatic carbocycles. The molecular weight excluding hydrogens is 282 g/mol. The van der Waals surface area contributed by atoms with Gasteiger partial charge in [-0.2, -0.15) is 5.10 Å². The highest BCUT2D eigenvalue weighted by Gasteiger charge is 2.29. The van der Waals surface area contributed by atoms with Crippen molar-refractivity contribution in [3.63, 3.8) is 0 Å². The van der Waals surface area contributed by atoms with Crippen molar-refractivity contribution in [2.45, 2.75) is 45.6 Å². The highest BCUT2D eigenvalue weighted by atomic mass is 16.5. The second-order valence-corrected chi connectivity index (χ2v) is 5.74. The number of hydrogen-bond donors (Lipinski definition) is 1. The van der Waals surface area contributed by atoms with Gasteiger partial charge >= 0.3 is 5.97 Å². The Labute approximate surface area is 132 Å². The van der Waals surface area contributed by atoms with E-state index >= 15 is 0 Å². The van der Waals surface area contributed by atoms with Crippen LogP contribution in [0.15, 0.2) is 0 Å². The van der Waals surface area contributed by atoms with Gasteiger partial charge in [0.2, 0.25) is 0 Å². The highest BCUT2D eigenvalue weighted by Crippen LogP contribution is 2.28. The molecule has 1 aliphatic rings. The summed E-state index contributed by atoms with van der Waals surface area (Å²) in [6.07, 6.45) is 2.78. The van der Waals surface area contributed by atoms with E-state index in [1.165, 1.54) is 0 Å².